The molecule has 0 aliphatic rings. The lowest BCUT2D eigenvalue weighted by molar-refractivity contribution is -0.384. The van der Waals surface area contributed by atoms with Crippen molar-refractivity contribution in [3.8, 4) is 0 Å². The van der Waals surface area contributed by atoms with E-state index in [0.717, 1.165) is 10.4 Å². The molecule has 39 heavy (non-hydrogen) atoms. The number of nitrogens with zero attached hydrogens (tertiary/aromatic N) is 3. The van der Waals surface area contributed by atoms with Gasteiger partial charge < -0.3 is 10.2 Å². The molecule has 1 N–H and O–H groups in total. The van der Waals surface area contributed by atoms with Crippen molar-refractivity contribution in [2.75, 3.05) is 17.4 Å². The monoisotopic (exact) mass is 556 g/mol. The van der Waals surface area contributed by atoms with Gasteiger partial charge in [0.25, 0.3) is 15.7 Å². The van der Waals surface area contributed by atoms with Crippen LogP contribution in [0.5, 0.6) is 0 Å². The summed E-state index contributed by atoms with van der Waals surface area (Å²) >= 11 is 0. The number of carbonyl (C=O) groups excluding carboxylic acids is 2. The predicted molar refractivity (Wildman–Crippen MR) is 144 cm³/mol. The number of anilines is 1. The quantitative estimate of drug-likeness (QED) is 0.266. The number of hydrogen-bond donors (Lipinski definition) is 1. The van der Waals surface area contributed by atoms with E-state index in [1.54, 1.807) is 19.9 Å². The van der Waals surface area contributed by atoms with Crippen molar-refractivity contribution in [1.29, 1.82) is 0 Å². The third-order valence-electron chi connectivity index (χ3n) is 5.94. The molecule has 0 radical (unpaired) electrons. The Kier molecular flexibility index (Phi) is 9.72. The van der Waals surface area contributed by atoms with E-state index in [2.05, 4.69) is 5.32 Å². The fourth-order valence-corrected chi connectivity index (χ4v) is 5.44. The van der Waals surface area contributed by atoms with Crippen molar-refractivity contribution in [2.24, 2.45) is 0 Å². The second kappa shape index (κ2) is 13.0. The number of sulfonamides is 1. The van der Waals surface area contributed by atoms with Crippen LogP contribution in [0.4, 0.5) is 15.8 Å². The Morgan fingerprint density at radius 1 is 1.00 bits per heavy atom. The molecule has 3 rings (SSSR count). The first-order chi connectivity index (χ1) is 18.6. The Hall–Kier alpha value is -4.32. The predicted octanol–water partition coefficient (Wildman–Crippen LogP) is 3.87. The first-order valence-corrected chi connectivity index (χ1v) is 13.7. The number of non-ortho nitro benzene ring substituents is 1. The van der Waals surface area contributed by atoms with Crippen LogP contribution >= 0.6 is 0 Å². The van der Waals surface area contributed by atoms with Crippen molar-refractivity contribution < 1.29 is 27.3 Å². The minimum atomic E-state index is -4.35. The average molecular weight is 557 g/mol. The molecule has 3 aromatic rings. The molecule has 10 nitrogen and oxygen atoms in total. The molecule has 2 amide bonds. The Balaban J connectivity index is 2.08. The Bertz CT molecular complexity index is 1420. The Labute approximate surface area is 226 Å². The van der Waals surface area contributed by atoms with Crippen LogP contribution in [-0.2, 0) is 26.2 Å². The van der Waals surface area contributed by atoms with E-state index in [9.17, 15) is 32.5 Å². The highest BCUT2D eigenvalue weighted by Gasteiger charge is 2.34. The molecule has 0 heterocycles. The molecule has 0 fully saturated rings. The number of nitro groups is 1. The molecule has 3 aromatic carbocycles. The van der Waals surface area contributed by atoms with Gasteiger partial charge in [0.2, 0.25) is 11.8 Å². The summed E-state index contributed by atoms with van der Waals surface area (Å²) in [5, 5.41) is 14.1. The van der Waals surface area contributed by atoms with Crippen LogP contribution < -0.4 is 9.62 Å². The normalized spacial score (nSPS) is 11.9. The number of nitro benzene ring substituents is 1. The number of halogens is 1. The van der Waals surface area contributed by atoms with E-state index in [1.165, 1.54) is 71.6 Å². The highest BCUT2D eigenvalue weighted by atomic mass is 32.2. The maximum absolute atomic E-state index is 13.8. The zero-order valence-corrected chi connectivity index (χ0v) is 22.3. The number of carbonyl (C=O) groups is 2. The fraction of sp³-hybridized carbons (Fsp3) is 0.259. The minimum absolute atomic E-state index is 0.0887. The molecule has 0 saturated carbocycles. The van der Waals surface area contributed by atoms with Crippen molar-refractivity contribution in [2.45, 2.75) is 37.8 Å². The Morgan fingerprint density at radius 2 is 1.67 bits per heavy atom. The molecular formula is C27H29FN4O6S. The number of benzene rings is 3. The number of hydrogen-bond acceptors (Lipinski definition) is 6. The van der Waals surface area contributed by atoms with Gasteiger partial charge in [0.05, 0.1) is 15.5 Å². The van der Waals surface area contributed by atoms with Crippen LogP contribution in [0.25, 0.3) is 0 Å². The van der Waals surface area contributed by atoms with Crippen molar-refractivity contribution in [3.05, 3.63) is 100 Å². The van der Waals surface area contributed by atoms with E-state index in [-0.39, 0.29) is 29.2 Å². The molecule has 0 aliphatic carbocycles. The zero-order valence-electron chi connectivity index (χ0n) is 21.5. The lowest BCUT2D eigenvalue weighted by Crippen LogP contribution is -2.52. The average Bonchev–Trinajstić information content (AvgIpc) is 2.93. The summed E-state index contributed by atoms with van der Waals surface area (Å²) in [4.78, 5) is 38.6. The van der Waals surface area contributed by atoms with Gasteiger partial charge in [-0.1, -0.05) is 43.3 Å². The molecule has 0 unspecified atom stereocenters. The highest BCUT2D eigenvalue weighted by Crippen LogP contribution is 2.27. The lowest BCUT2D eigenvalue weighted by Gasteiger charge is -2.33. The summed E-state index contributed by atoms with van der Waals surface area (Å²) in [6, 6.07) is 16.8. The molecule has 0 aromatic heterocycles. The van der Waals surface area contributed by atoms with Gasteiger partial charge >= 0.3 is 0 Å². The molecule has 0 bridgehead atoms. The first kappa shape index (κ1) is 29.2. The van der Waals surface area contributed by atoms with Gasteiger partial charge in [-0.3, -0.25) is 24.0 Å². The first-order valence-electron chi connectivity index (χ1n) is 12.2. The number of rotatable bonds is 12. The molecular weight excluding hydrogens is 527 g/mol. The maximum atomic E-state index is 13.8. The molecule has 12 heteroatoms. The molecule has 206 valence electrons. The largest absolute Gasteiger partial charge is 0.355 e. The third kappa shape index (κ3) is 7.17. The van der Waals surface area contributed by atoms with E-state index < -0.39 is 45.2 Å². The van der Waals surface area contributed by atoms with Crippen LogP contribution in [0.15, 0.2) is 83.8 Å². The molecule has 0 saturated heterocycles. The van der Waals surface area contributed by atoms with Crippen molar-refractivity contribution in [3.63, 3.8) is 0 Å². The third-order valence-corrected chi connectivity index (χ3v) is 7.73. The van der Waals surface area contributed by atoms with Crippen LogP contribution in [0.2, 0.25) is 0 Å². The highest BCUT2D eigenvalue weighted by molar-refractivity contribution is 7.92. The number of amides is 2. The Morgan fingerprint density at radius 3 is 2.26 bits per heavy atom. The number of nitrogens with one attached hydrogen (secondary N) is 1. The van der Waals surface area contributed by atoms with Crippen LogP contribution in [0, 0.1) is 15.9 Å². The SMILES string of the molecule is CCNC(=O)[C@H](CC)N(Cc1ccc(F)cc1)C(=O)CN(c1cccc([N+](=O)[O-])c1)S(=O)(=O)c1ccccc1. The second-order valence-electron chi connectivity index (χ2n) is 8.57. The van der Waals surface area contributed by atoms with Crippen LogP contribution in [-0.4, -0.2) is 49.2 Å². The van der Waals surface area contributed by atoms with Gasteiger partial charge in [-0.2, -0.15) is 0 Å². The van der Waals surface area contributed by atoms with Gasteiger partial charge in [-0.25, -0.2) is 12.8 Å². The summed E-state index contributed by atoms with van der Waals surface area (Å²) < 4.78 is 41.7. The maximum Gasteiger partial charge on any atom is 0.271 e. The summed E-state index contributed by atoms with van der Waals surface area (Å²) in [5.41, 5.74) is 0.0830. The summed E-state index contributed by atoms with van der Waals surface area (Å²) in [6.45, 7) is 2.92. The topological polar surface area (TPSA) is 130 Å². The molecule has 0 aliphatic heterocycles. The van der Waals surface area contributed by atoms with Gasteiger partial charge in [-0.15, -0.1) is 0 Å². The summed E-state index contributed by atoms with van der Waals surface area (Å²) in [5.74, 6) is -1.62. The van der Waals surface area contributed by atoms with Crippen LogP contribution in [0.1, 0.15) is 25.8 Å². The van der Waals surface area contributed by atoms with Crippen molar-refractivity contribution in [1.82, 2.24) is 10.2 Å². The standard InChI is InChI=1S/C27H29FN4O6S/c1-3-25(27(34)29-4-2)30(18-20-13-15-21(28)16-14-20)26(33)19-31(22-9-8-10-23(17-22)32(35)36)39(37,38)24-11-6-5-7-12-24/h5-17,25H,3-4,18-19H2,1-2H3,(H,29,34)/t25-/m0/s1. The number of likely N-dealkylation sites (N-methyl/N-ethyl adjacent to an activating group) is 1. The van der Waals surface area contributed by atoms with Gasteiger partial charge in [0.1, 0.15) is 18.4 Å². The van der Waals surface area contributed by atoms with E-state index in [0.29, 0.717) is 12.1 Å². The van der Waals surface area contributed by atoms with E-state index in [4.69, 9.17) is 0 Å². The van der Waals surface area contributed by atoms with Crippen molar-refractivity contribution >= 4 is 33.2 Å². The zero-order chi connectivity index (χ0) is 28.6. The lowest BCUT2D eigenvalue weighted by atomic mass is 10.1. The molecule has 0 spiro atoms. The molecule has 1 atom stereocenters. The van der Waals surface area contributed by atoms with Gasteiger partial charge in [0, 0.05) is 25.2 Å². The van der Waals surface area contributed by atoms with Crippen LogP contribution in [0.3, 0.4) is 0 Å². The minimum Gasteiger partial charge on any atom is -0.355 e. The van der Waals surface area contributed by atoms with Gasteiger partial charge in [-0.05, 0) is 49.2 Å². The van der Waals surface area contributed by atoms with E-state index >= 15 is 0 Å². The van der Waals surface area contributed by atoms with E-state index in [1.807, 2.05) is 0 Å². The second-order valence-corrected chi connectivity index (χ2v) is 10.4. The summed E-state index contributed by atoms with van der Waals surface area (Å²) in [7, 11) is -4.35. The fourth-order valence-electron chi connectivity index (χ4n) is 4.01. The smallest absolute Gasteiger partial charge is 0.271 e. The van der Waals surface area contributed by atoms with Gasteiger partial charge in [0.15, 0.2) is 0 Å². The summed E-state index contributed by atoms with van der Waals surface area (Å²) in [6.07, 6.45) is 0.223.